The van der Waals surface area contributed by atoms with Crippen LogP contribution in [0.5, 0.6) is 0 Å². The van der Waals surface area contributed by atoms with Gasteiger partial charge in [0.25, 0.3) is 5.91 Å². The number of hydrogen-bond donors (Lipinski definition) is 2. The van der Waals surface area contributed by atoms with Crippen molar-refractivity contribution in [1.29, 1.82) is 5.26 Å². The van der Waals surface area contributed by atoms with Crippen LogP contribution >= 0.6 is 0 Å². The summed E-state index contributed by atoms with van der Waals surface area (Å²) >= 11 is 0. The molecule has 0 saturated carbocycles. The Morgan fingerprint density at radius 3 is 2.83 bits per heavy atom. The quantitative estimate of drug-likeness (QED) is 0.554. The van der Waals surface area contributed by atoms with Gasteiger partial charge in [0, 0.05) is 18.0 Å². The molecule has 1 atom stereocenters. The van der Waals surface area contributed by atoms with Gasteiger partial charge in [-0.1, -0.05) is 0 Å². The van der Waals surface area contributed by atoms with Gasteiger partial charge in [0.15, 0.2) is 6.61 Å². The zero-order valence-electron chi connectivity index (χ0n) is 16.8. The molecule has 0 spiro atoms. The van der Waals surface area contributed by atoms with E-state index in [1.165, 1.54) is 6.07 Å². The van der Waals surface area contributed by atoms with Gasteiger partial charge in [-0.2, -0.15) is 5.26 Å². The van der Waals surface area contributed by atoms with Gasteiger partial charge in [0.05, 0.1) is 23.8 Å². The minimum atomic E-state index is -0.842. The maximum atomic E-state index is 13.1. The smallest absolute Gasteiger partial charge is 0.340 e. The van der Waals surface area contributed by atoms with Gasteiger partial charge in [-0.3, -0.25) is 4.79 Å². The molecule has 30 heavy (non-hydrogen) atoms. The number of carbonyl (C=O) groups excluding carboxylic acids is 2. The van der Waals surface area contributed by atoms with Crippen molar-refractivity contribution in [2.75, 3.05) is 24.3 Å². The number of benzene rings is 1. The van der Waals surface area contributed by atoms with Crippen LogP contribution in [0.25, 0.3) is 0 Å². The minimum absolute atomic E-state index is 0.0111. The van der Waals surface area contributed by atoms with Gasteiger partial charge in [-0.25, -0.2) is 9.18 Å². The average molecular weight is 414 g/mol. The molecule has 3 N–H and O–H groups in total. The van der Waals surface area contributed by atoms with Gasteiger partial charge < -0.3 is 25.1 Å². The highest BCUT2D eigenvalue weighted by atomic mass is 19.1. The first-order valence-electron chi connectivity index (χ1n) is 9.55. The van der Waals surface area contributed by atoms with Gasteiger partial charge in [0.1, 0.15) is 17.7 Å². The van der Waals surface area contributed by atoms with E-state index in [0.29, 0.717) is 24.5 Å². The molecular formula is C21H23FN4O4. The Kier molecular flexibility index (Phi) is 6.37. The third kappa shape index (κ3) is 4.44. The number of nitrogens with one attached hydrogen (secondary N) is 1. The number of nitrogens with zero attached hydrogens (tertiary/aromatic N) is 2. The number of aromatic nitrogens is 1. The normalized spacial score (nSPS) is 15.6. The summed E-state index contributed by atoms with van der Waals surface area (Å²) in [6.07, 6.45) is 1.89. The number of anilines is 2. The van der Waals surface area contributed by atoms with E-state index in [9.17, 15) is 19.2 Å². The summed E-state index contributed by atoms with van der Waals surface area (Å²) in [6, 6.07) is 5.39. The van der Waals surface area contributed by atoms with Crippen molar-refractivity contribution in [2.24, 2.45) is 0 Å². The Hall–Kier alpha value is -3.38. The lowest BCUT2D eigenvalue weighted by Crippen LogP contribution is -2.25. The average Bonchev–Trinajstić information content (AvgIpc) is 3.29. The Morgan fingerprint density at radius 2 is 2.20 bits per heavy atom. The molecule has 1 aliphatic heterocycles. The van der Waals surface area contributed by atoms with Gasteiger partial charge >= 0.3 is 5.97 Å². The maximum Gasteiger partial charge on any atom is 0.340 e. The second kappa shape index (κ2) is 8.97. The fraction of sp³-hybridized carbons (Fsp3) is 0.381. The highest BCUT2D eigenvalue weighted by molar-refractivity contribution is 5.98. The van der Waals surface area contributed by atoms with Crippen LogP contribution in [0, 0.1) is 31.0 Å². The van der Waals surface area contributed by atoms with Crippen LogP contribution in [0.2, 0.25) is 0 Å². The van der Waals surface area contributed by atoms with Crippen molar-refractivity contribution in [2.45, 2.75) is 39.3 Å². The van der Waals surface area contributed by atoms with E-state index in [0.717, 1.165) is 36.2 Å². The van der Waals surface area contributed by atoms with Crippen molar-refractivity contribution < 1.29 is 23.5 Å². The number of hydrogen-bond acceptors (Lipinski definition) is 6. The van der Waals surface area contributed by atoms with E-state index in [2.05, 4.69) is 11.4 Å². The van der Waals surface area contributed by atoms with Crippen LogP contribution in [0.3, 0.4) is 0 Å². The molecule has 9 heteroatoms. The zero-order valence-corrected chi connectivity index (χ0v) is 16.8. The largest absolute Gasteiger partial charge is 0.452 e. The predicted molar refractivity (Wildman–Crippen MR) is 107 cm³/mol. The Balaban J connectivity index is 1.71. The van der Waals surface area contributed by atoms with Crippen LogP contribution in [0.15, 0.2) is 18.2 Å². The molecule has 3 rings (SSSR count). The molecule has 158 valence electrons. The molecule has 2 heterocycles. The van der Waals surface area contributed by atoms with E-state index < -0.39 is 24.3 Å². The number of ether oxygens (including phenoxy) is 2. The molecule has 1 saturated heterocycles. The van der Waals surface area contributed by atoms with E-state index in [1.807, 2.05) is 18.4 Å². The number of nitrogens with two attached hydrogens (primary N) is 1. The van der Waals surface area contributed by atoms with Crippen molar-refractivity contribution in [1.82, 2.24) is 4.57 Å². The molecule has 8 nitrogen and oxygen atoms in total. The number of halogens is 1. The maximum absolute atomic E-state index is 13.1. The summed E-state index contributed by atoms with van der Waals surface area (Å²) in [7, 11) is 0. The number of esters is 1. The van der Waals surface area contributed by atoms with E-state index >= 15 is 0 Å². The third-order valence-electron chi connectivity index (χ3n) is 5.18. The number of rotatable bonds is 6. The molecule has 0 aliphatic carbocycles. The number of amides is 1. The highest BCUT2D eigenvalue weighted by Crippen LogP contribution is 2.28. The summed E-state index contributed by atoms with van der Waals surface area (Å²) in [5.74, 6) is -1.68. The Labute approximate surface area is 173 Å². The summed E-state index contributed by atoms with van der Waals surface area (Å²) in [5.41, 5.74) is 7.48. The molecule has 1 aromatic heterocycles. The van der Waals surface area contributed by atoms with Gasteiger partial charge in [0.2, 0.25) is 0 Å². The summed E-state index contributed by atoms with van der Waals surface area (Å²) in [6.45, 7) is 4.31. The molecule has 0 bridgehead atoms. The van der Waals surface area contributed by atoms with Crippen molar-refractivity contribution >= 4 is 23.4 Å². The molecule has 0 unspecified atom stereocenters. The zero-order chi connectivity index (χ0) is 21.8. The van der Waals surface area contributed by atoms with E-state index in [1.54, 1.807) is 0 Å². The SMILES string of the molecule is Cc1c(C#N)c(NC(=O)COC(=O)c2ccc(F)cc2N)n(C[C@H]2CCCO2)c1C. The van der Waals surface area contributed by atoms with Crippen LogP contribution in [-0.4, -0.2) is 35.8 Å². The Morgan fingerprint density at radius 1 is 1.43 bits per heavy atom. The first-order valence-corrected chi connectivity index (χ1v) is 9.55. The summed E-state index contributed by atoms with van der Waals surface area (Å²) in [4.78, 5) is 24.6. The standard InChI is InChI=1S/C21H23FN4O4/c1-12-13(2)26(10-15-4-3-7-29-15)20(17(12)9-23)25-19(27)11-30-21(28)16-6-5-14(22)8-18(16)24/h5-6,8,15H,3-4,7,10-11,24H2,1-2H3,(H,25,27)/t15-/m1/s1. The number of nitriles is 1. The topological polar surface area (TPSA) is 119 Å². The van der Waals surface area contributed by atoms with Gasteiger partial charge in [-0.05, 0) is 50.5 Å². The lowest BCUT2D eigenvalue weighted by molar-refractivity contribution is -0.119. The minimum Gasteiger partial charge on any atom is -0.452 e. The second-order valence-electron chi connectivity index (χ2n) is 7.15. The molecular weight excluding hydrogens is 391 g/mol. The van der Waals surface area contributed by atoms with Crippen LogP contribution < -0.4 is 11.1 Å². The number of carbonyl (C=O) groups is 2. The van der Waals surface area contributed by atoms with E-state index in [-0.39, 0.29) is 17.4 Å². The molecule has 1 aromatic carbocycles. The Bertz CT molecular complexity index is 1020. The molecule has 2 aromatic rings. The van der Waals surface area contributed by atoms with Crippen LogP contribution in [0.1, 0.15) is 40.0 Å². The van der Waals surface area contributed by atoms with E-state index in [4.69, 9.17) is 15.2 Å². The molecule has 0 radical (unpaired) electrons. The van der Waals surface area contributed by atoms with Crippen molar-refractivity contribution in [3.05, 3.63) is 46.4 Å². The lowest BCUT2D eigenvalue weighted by atomic mass is 10.2. The third-order valence-corrected chi connectivity index (χ3v) is 5.18. The van der Waals surface area contributed by atoms with Crippen LogP contribution in [-0.2, 0) is 20.8 Å². The summed E-state index contributed by atoms with van der Waals surface area (Å²) < 4.78 is 25.6. The highest BCUT2D eigenvalue weighted by Gasteiger charge is 2.24. The lowest BCUT2D eigenvalue weighted by Gasteiger charge is -2.17. The monoisotopic (exact) mass is 414 g/mol. The van der Waals surface area contributed by atoms with Crippen molar-refractivity contribution in [3.63, 3.8) is 0 Å². The number of nitrogen functional groups attached to an aromatic ring is 1. The predicted octanol–water partition coefficient (Wildman–Crippen LogP) is 2.67. The van der Waals surface area contributed by atoms with Gasteiger partial charge in [-0.15, -0.1) is 0 Å². The second-order valence-corrected chi connectivity index (χ2v) is 7.15. The molecule has 1 amide bonds. The van der Waals surface area contributed by atoms with Crippen molar-refractivity contribution in [3.8, 4) is 6.07 Å². The first kappa shape index (κ1) is 21.3. The first-order chi connectivity index (χ1) is 14.3. The molecule has 1 fully saturated rings. The fourth-order valence-corrected chi connectivity index (χ4v) is 3.45. The summed E-state index contributed by atoms with van der Waals surface area (Å²) in [5, 5.41) is 12.2. The molecule has 1 aliphatic rings. The fourth-order valence-electron chi connectivity index (χ4n) is 3.45. The van der Waals surface area contributed by atoms with Crippen LogP contribution in [0.4, 0.5) is 15.9 Å².